The van der Waals surface area contributed by atoms with Gasteiger partial charge in [-0.25, -0.2) is 0 Å². The molecule has 4 rings (SSSR count). The van der Waals surface area contributed by atoms with Crippen LogP contribution in [0.1, 0.15) is 30.6 Å². The number of aliphatic hydroxyl groups is 1. The summed E-state index contributed by atoms with van der Waals surface area (Å²) in [7, 11) is 0. The lowest BCUT2D eigenvalue weighted by Crippen LogP contribution is -2.26. The molecule has 0 radical (unpaired) electrons. The number of fused-ring (bicyclic) bond motifs is 1. The number of aliphatic hydroxyl groups excluding tert-OH is 1. The fraction of sp³-hybridized carbons (Fsp3) is 0.259. The van der Waals surface area contributed by atoms with Gasteiger partial charge in [-0.1, -0.05) is 43.3 Å². The van der Waals surface area contributed by atoms with Gasteiger partial charge >= 0.3 is 6.18 Å². The smallest absolute Gasteiger partial charge is 0.416 e. The number of nitrogens with one attached hydrogen (secondary N) is 1. The first kappa shape index (κ1) is 26.1. The number of nitrogens with two attached hydrogens (primary N) is 1. The molecule has 3 aromatic carbocycles. The maximum Gasteiger partial charge on any atom is 0.416 e. The first-order chi connectivity index (χ1) is 16.8. The van der Waals surface area contributed by atoms with Gasteiger partial charge in [-0.15, -0.1) is 0 Å². The Morgan fingerprint density at radius 3 is 2.29 bits per heavy atom. The molecule has 2 atom stereocenters. The van der Waals surface area contributed by atoms with Crippen LogP contribution in [0.5, 0.6) is 11.5 Å². The molecule has 0 fully saturated rings. The molecule has 0 saturated heterocycles. The monoisotopic (exact) mass is 486 g/mol. The van der Waals surface area contributed by atoms with E-state index in [1.54, 1.807) is 0 Å². The molecule has 2 unspecified atom stereocenters. The van der Waals surface area contributed by atoms with Crippen LogP contribution in [0, 0.1) is 0 Å². The van der Waals surface area contributed by atoms with Crippen molar-refractivity contribution in [1.29, 1.82) is 0 Å². The first-order valence-electron chi connectivity index (χ1n) is 11.3. The lowest BCUT2D eigenvalue weighted by Gasteiger charge is -2.18. The van der Waals surface area contributed by atoms with Gasteiger partial charge in [0.2, 0.25) is 0 Å². The molecule has 1 heterocycles. The highest BCUT2D eigenvalue weighted by Crippen LogP contribution is 2.32. The van der Waals surface area contributed by atoms with E-state index in [0.29, 0.717) is 5.75 Å². The van der Waals surface area contributed by atoms with Gasteiger partial charge in [0.25, 0.3) is 0 Å². The van der Waals surface area contributed by atoms with Gasteiger partial charge in [0, 0.05) is 23.6 Å². The van der Waals surface area contributed by atoms with E-state index >= 15 is 0 Å². The number of rotatable bonds is 8. The highest BCUT2D eigenvalue weighted by Gasteiger charge is 2.30. The maximum atomic E-state index is 12.5. The highest BCUT2D eigenvalue weighted by molar-refractivity contribution is 5.85. The van der Waals surface area contributed by atoms with Gasteiger partial charge in [0.05, 0.1) is 5.56 Å². The third kappa shape index (κ3) is 7.50. The molecule has 0 saturated carbocycles. The van der Waals surface area contributed by atoms with Crippen molar-refractivity contribution in [1.82, 2.24) is 4.98 Å². The average Bonchev–Trinajstić information content (AvgIpc) is 3.36. The Balaban J connectivity index is 0.000000203. The fourth-order valence-corrected chi connectivity index (χ4v) is 3.38. The number of aromatic nitrogens is 1. The van der Waals surface area contributed by atoms with Crippen LogP contribution in [0.2, 0.25) is 0 Å². The second-order valence-electron chi connectivity index (χ2n) is 7.84. The van der Waals surface area contributed by atoms with E-state index in [4.69, 9.17) is 15.2 Å². The molecule has 1 aromatic heterocycles. The lowest BCUT2D eigenvalue weighted by atomic mass is 10.1. The van der Waals surface area contributed by atoms with E-state index in [0.717, 1.165) is 40.8 Å². The predicted molar refractivity (Wildman–Crippen MR) is 130 cm³/mol. The predicted octanol–water partition coefficient (Wildman–Crippen LogP) is 6.10. The Kier molecular flexibility index (Phi) is 9.17. The van der Waals surface area contributed by atoms with Crippen LogP contribution in [0.15, 0.2) is 85.1 Å². The van der Waals surface area contributed by atoms with Crippen LogP contribution in [-0.2, 0) is 6.18 Å². The van der Waals surface area contributed by atoms with Crippen LogP contribution in [0.3, 0.4) is 0 Å². The zero-order valence-corrected chi connectivity index (χ0v) is 19.3. The first-order valence-corrected chi connectivity index (χ1v) is 11.3. The molecule has 186 valence electrons. The molecule has 4 aromatic rings. The molecule has 0 aliphatic rings. The molecule has 0 bridgehead atoms. The number of hydrogen-bond donors (Lipinski definition) is 3. The van der Waals surface area contributed by atoms with Gasteiger partial charge in [-0.2, -0.15) is 13.2 Å². The Morgan fingerprint density at radius 2 is 1.66 bits per heavy atom. The van der Waals surface area contributed by atoms with Gasteiger partial charge in [-0.05, 0) is 54.4 Å². The van der Waals surface area contributed by atoms with E-state index in [2.05, 4.69) is 4.98 Å². The van der Waals surface area contributed by atoms with E-state index in [9.17, 15) is 18.3 Å². The molecule has 0 amide bonds. The Hall–Kier alpha value is -3.49. The number of alkyl halides is 3. The van der Waals surface area contributed by atoms with E-state index in [-0.39, 0.29) is 19.3 Å². The van der Waals surface area contributed by atoms with E-state index in [1.807, 2.05) is 67.7 Å². The van der Waals surface area contributed by atoms with Crippen LogP contribution in [0.25, 0.3) is 10.9 Å². The third-order valence-electron chi connectivity index (χ3n) is 5.26. The van der Waals surface area contributed by atoms with E-state index in [1.165, 1.54) is 12.1 Å². The van der Waals surface area contributed by atoms with Crippen LogP contribution in [0.4, 0.5) is 13.2 Å². The van der Waals surface area contributed by atoms with Gasteiger partial charge in [0.1, 0.15) is 30.3 Å². The van der Waals surface area contributed by atoms with Crippen molar-refractivity contribution in [2.24, 2.45) is 5.73 Å². The molecule has 35 heavy (non-hydrogen) atoms. The number of H-pyrrole nitrogens is 1. The molecule has 0 spiro atoms. The summed E-state index contributed by atoms with van der Waals surface area (Å²) in [5.74, 6) is 1.20. The minimum absolute atomic E-state index is 0.159. The quantitative estimate of drug-likeness (QED) is 0.281. The summed E-state index contributed by atoms with van der Waals surface area (Å²) in [6.45, 7) is 2.41. The Morgan fingerprint density at radius 1 is 0.943 bits per heavy atom. The minimum Gasteiger partial charge on any atom is -0.490 e. The van der Waals surface area contributed by atoms with Crippen molar-refractivity contribution in [3.05, 3.63) is 96.2 Å². The Bertz CT molecular complexity index is 1160. The summed E-state index contributed by atoms with van der Waals surface area (Å²) < 4.78 is 48.6. The molecule has 8 heteroatoms. The van der Waals surface area contributed by atoms with Gasteiger partial charge < -0.3 is 25.3 Å². The van der Waals surface area contributed by atoms with E-state index < -0.39 is 17.8 Å². The molecular weight excluding hydrogens is 457 g/mol. The summed E-state index contributed by atoms with van der Waals surface area (Å²) in [6, 6.07) is 22.1. The molecule has 0 aliphatic carbocycles. The number of benzene rings is 3. The third-order valence-corrected chi connectivity index (χ3v) is 5.26. The largest absolute Gasteiger partial charge is 0.490 e. The average molecular weight is 487 g/mol. The van der Waals surface area contributed by atoms with Crippen LogP contribution >= 0.6 is 0 Å². The molecule has 4 N–H and O–H groups in total. The van der Waals surface area contributed by atoms with Crippen molar-refractivity contribution in [2.75, 3.05) is 13.2 Å². The normalized spacial score (nSPS) is 13.0. The second-order valence-corrected chi connectivity index (χ2v) is 7.84. The molecule has 5 nitrogen and oxygen atoms in total. The minimum atomic E-state index is -4.32. The van der Waals surface area contributed by atoms with Gasteiger partial charge in [0.15, 0.2) is 0 Å². The van der Waals surface area contributed by atoms with Crippen molar-refractivity contribution in [3.63, 3.8) is 0 Å². The van der Waals surface area contributed by atoms with Gasteiger partial charge in [-0.3, -0.25) is 0 Å². The summed E-state index contributed by atoms with van der Waals surface area (Å²) in [4.78, 5) is 3.09. The summed E-state index contributed by atoms with van der Waals surface area (Å²) in [5.41, 5.74) is 6.66. The summed E-state index contributed by atoms with van der Waals surface area (Å²) >= 11 is 0. The van der Waals surface area contributed by atoms with Crippen LogP contribution in [-0.4, -0.2) is 29.3 Å². The number of ether oxygens (including phenoxy) is 2. The van der Waals surface area contributed by atoms with Crippen molar-refractivity contribution in [2.45, 2.75) is 31.7 Å². The highest BCUT2D eigenvalue weighted by atomic mass is 19.4. The van der Waals surface area contributed by atoms with Crippen molar-refractivity contribution in [3.8, 4) is 11.5 Å². The van der Waals surface area contributed by atoms with Crippen molar-refractivity contribution >= 4 is 10.9 Å². The van der Waals surface area contributed by atoms with Crippen molar-refractivity contribution < 1.29 is 27.8 Å². The summed E-state index contributed by atoms with van der Waals surface area (Å²) in [5, 5.41) is 10.3. The standard InChI is InChI=1S/C16H15F3O.C11H14N2O2/c1-2-15(12-6-4-3-5-7-12)20-14-10-8-13(9-11-14)16(17,18)19;12-6-8(14)7-15-11-3-1-2-10-9(11)4-5-13-10/h3-11,15H,2H2,1H3;1-5,8,13-14H,6-7,12H2. The lowest BCUT2D eigenvalue weighted by molar-refractivity contribution is -0.137. The number of halogens is 3. The number of hydrogen-bond acceptors (Lipinski definition) is 4. The zero-order valence-electron chi connectivity index (χ0n) is 19.3. The summed E-state index contributed by atoms with van der Waals surface area (Å²) in [6.07, 6.45) is -2.49. The number of aromatic amines is 1. The molecule has 0 aliphatic heterocycles. The topological polar surface area (TPSA) is 80.5 Å². The SMILES string of the molecule is CCC(Oc1ccc(C(F)(F)F)cc1)c1ccccc1.NCC(O)COc1cccc2[nH]ccc12. The zero-order chi connectivity index (χ0) is 25.3. The van der Waals surface area contributed by atoms with Crippen LogP contribution < -0.4 is 15.2 Å². The Labute approximate surface area is 202 Å². The molecular formula is C27H29F3N2O3. The second kappa shape index (κ2) is 12.3. The fourth-order valence-electron chi connectivity index (χ4n) is 3.38. The maximum absolute atomic E-state index is 12.5.